The van der Waals surface area contributed by atoms with E-state index in [1.165, 1.54) is 0 Å². The van der Waals surface area contributed by atoms with Crippen LogP contribution in [0.5, 0.6) is 5.88 Å². The molecule has 1 aromatic heterocycles. The van der Waals surface area contributed by atoms with Gasteiger partial charge in [0.1, 0.15) is 0 Å². The average molecular weight is 252 g/mol. The van der Waals surface area contributed by atoms with Crippen molar-refractivity contribution in [2.75, 3.05) is 25.1 Å². The first-order chi connectivity index (χ1) is 8.46. The van der Waals surface area contributed by atoms with E-state index in [1.807, 2.05) is 13.1 Å². The highest BCUT2D eigenvalue weighted by Gasteiger charge is 2.33. The van der Waals surface area contributed by atoms with Gasteiger partial charge in [-0.3, -0.25) is 0 Å². The molecule has 1 aliphatic rings. The van der Waals surface area contributed by atoms with Crippen molar-refractivity contribution in [3.8, 4) is 5.88 Å². The minimum atomic E-state index is 0.121. The van der Waals surface area contributed by atoms with Crippen molar-refractivity contribution >= 4 is 5.82 Å². The molecule has 102 valence electrons. The quantitative estimate of drug-likeness (QED) is 0.883. The van der Waals surface area contributed by atoms with Gasteiger partial charge in [0.25, 0.3) is 0 Å². The monoisotopic (exact) mass is 252 g/mol. The maximum Gasteiger partial charge on any atom is 0.213 e. The highest BCUT2D eigenvalue weighted by atomic mass is 16.5. The van der Waals surface area contributed by atoms with Crippen LogP contribution in [0.15, 0.2) is 6.07 Å². The summed E-state index contributed by atoms with van der Waals surface area (Å²) in [7, 11) is 3.59. The summed E-state index contributed by atoms with van der Waals surface area (Å²) >= 11 is 0. The molecule has 0 saturated carbocycles. The third kappa shape index (κ3) is 2.46. The van der Waals surface area contributed by atoms with Crippen LogP contribution in [-0.2, 0) is 7.05 Å². The number of methoxy groups -OCH3 is 1. The standard InChI is InChI=1S/C13H24N4O/c1-6-10-8-14-13(2,3)9-17(10)11-7-12(18-5)16(4)15-11/h7,10,14H,6,8-9H2,1-5H3. The molecule has 1 saturated heterocycles. The van der Waals surface area contributed by atoms with Gasteiger partial charge in [-0.1, -0.05) is 6.92 Å². The Labute approximate surface area is 109 Å². The number of nitrogens with one attached hydrogen (secondary N) is 1. The second-order valence-electron chi connectivity index (χ2n) is 5.62. The third-order valence-electron chi connectivity index (χ3n) is 3.62. The van der Waals surface area contributed by atoms with Crippen molar-refractivity contribution in [1.82, 2.24) is 15.1 Å². The van der Waals surface area contributed by atoms with E-state index in [-0.39, 0.29) is 5.54 Å². The number of rotatable bonds is 3. The fraction of sp³-hybridized carbons (Fsp3) is 0.769. The molecule has 0 aromatic carbocycles. The SMILES string of the molecule is CCC1CNC(C)(C)CN1c1cc(OC)n(C)n1. The Balaban J connectivity index is 2.26. The number of aryl methyl sites for hydroxylation is 1. The van der Waals surface area contributed by atoms with Gasteiger partial charge in [0, 0.05) is 37.8 Å². The Morgan fingerprint density at radius 2 is 2.28 bits per heavy atom. The van der Waals surface area contributed by atoms with Gasteiger partial charge in [-0.05, 0) is 20.3 Å². The van der Waals surface area contributed by atoms with Crippen LogP contribution in [0, 0.1) is 0 Å². The minimum Gasteiger partial charge on any atom is -0.481 e. The van der Waals surface area contributed by atoms with E-state index in [4.69, 9.17) is 4.74 Å². The van der Waals surface area contributed by atoms with Crippen LogP contribution in [-0.4, -0.2) is 41.6 Å². The number of aromatic nitrogens is 2. The molecule has 1 fully saturated rings. The maximum atomic E-state index is 5.30. The largest absolute Gasteiger partial charge is 0.481 e. The molecule has 2 rings (SSSR count). The summed E-state index contributed by atoms with van der Waals surface area (Å²) in [6.07, 6.45) is 1.11. The minimum absolute atomic E-state index is 0.121. The molecule has 5 heteroatoms. The van der Waals surface area contributed by atoms with Crippen LogP contribution in [0.4, 0.5) is 5.82 Å². The molecule has 0 spiro atoms. The molecular formula is C13H24N4O. The first kappa shape index (κ1) is 13.2. The molecule has 18 heavy (non-hydrogen) atoms. The van der Waals surface area contributed by atoms with Crippen LogP contribution in [0.2, 0.25) is 0 Å². The lowest BCUT2D eigenvalue weighted by Gasteiger charge is -2.44. The zero-order valence-electron chi connectivity index (χ0n) is 12.0. The second kappa shape index (κ2) is 4.80. The summed E-state index contributed by atoms with van der Waals surface area (Å²) in [4.78, 5) is 2.39. The summed E-state index contributed by atoms with van der Waals surface area (Å²) in [6.45, 7) is 8.64. The van der Waals surface area contributed by atoms with Crippen molar-refractivity contribution in [2.24, 2.45) is 7.05 Å². The molecule has 2 heterocycles. The van der Waals surface area contributed by atoms with Crippen molar-refractivity contribution in [3.63, 3.8) is 0 Å². The fourth-order valence-electron chi connectivity index (χ4n) is 2.52. The third-order valence-corrected chi connectivity index (χ3v) is 3.62. The van der Waals surface area contributed by atoms with E-state index in [0.717, 1.165) is 31.2 Å². The predicted octanol–water partition coefficient (Wildman–Crippen LogP) is 1.40. The van der Waals surface area contributed by atoms with E-state index in [1.54, 1.807) is 11.8 Å². The zero-order valence-corrected chi connectivity index (χ0v) is 12.0. The molecule has 5 nitrogen and oxygen atoms in total. The highest BCUT2D eigenvalue weighted by molar-refractivity contribution is 5.44. The average Bonchev–Trinajstić information content (AvgIpc) is 2.69. The van der Waals surface area contributed by atoms with Gasteiger partial charge in [-0.25, -0.2) is 4.68 Å². The molecular weight excluding hydrogens is 228 g/mol. The van der Waals surface area contributed by atoms with Gasteiger partial charge in [-0.2, -0.15) is 5.10 Å². The van der Waals surface area contributed by atoms with Gasteiger partial charge >= 0.3 is 0 Å². The van der Waals surface area contributed by atoms with Gasteiger partial charge in [0.05, 0.1) is 7.11 Å². The normalized spacial score (nSPS) is 23.2. The van der Waals surface area contributed by atoms with Crippen molar-refractivity contribution in [3.05, 3.63) is 6.07 Å². The lowest BCUT2D eigenvalue weighted by Crippen LogP contribution is -2.61. The summed E-state index contributed by atoms with van der Waals surface area (Å²) < 4.78 is 7.08. The van der Waals surface area contributed by atoms with Crippen LogP contribution >= 0.6 is 0 Å². The van der Waals surface area contributed by atoms with Crippen LogP contribution < -0.4 is 15.0 Å². The topological polar surface area (TPSA) is 42.3 Å². The molecule has 1 aromatic rings. The van der Waals surface area contributed by atoms with Gasteiger partial charge in [0.15, 0.2) is 5.82 Å². The molecule has 0 bridgehead atoms. The summed E-state index contributed by atoms with van der Waals surface area (Å²) in [5.41, 5.74) is 0.121. The maximum absolute atomic E-state index is 5.30. The summed E-state index contributed by atoms with van der Waals surface area (Å²) in [6, 6.07) is 2.52. The van der Waals surface area contributed by atoms with E-state index < -0.39 is 0 Å². The molecule has 0 aliphatic carbocycles. The fourth-order valence-corrected chi connectivity index (χ4v) is 2.52. The van der Waals surface area contributed by atoms with Gasteiger partial charge < -0.3 is 15.0 Å². The number of hydrogen-bond donors (Lipinski definition) is 1. The molecule has 1 aliphatic heterocycles. The number of ether oxygens (including phenoxy) is 1. The molecule has 0 radical (unpaired) electrons. The Morgan fingerprint density at radius 3 is 2.83 bits per heavy atom. The number of nitrogens with zero attached hydrogens (tertiary/aromatic N) is 3. The Hall–Kier alpha value is -1.23. The molecule has 1 unspecified atom stereocenters. The summed E-state index contributed by atoms with van der Waals surface area (Å²) in [5.74, 6) is 1.81. The van der Waals surface area contributed by atoms with E-state index >= 15 is 0 Å². The highest BCUT2D eigenvalue weighted by Crippen LogP contribution is 2.26. The van der Waals surface area contributed by atoms with E-state index in [2.05, 4.69) is 36.1 Å². The van der Waals surface area contributed by atoms with Crippen LogP contribution in [0.1, 0.15) is 27.2 Å². The number of piperazine rings is 1. The number of anilines is 1. The second-order valence-corrected chi connectivity index (χ2v) is 5.62. The predicted molar refractivity (Wildman–Crippen MR) is 73.3 cm³/mol. The van der Waals surface area contributed by atoms with Crippen LogP contribution in [0.3, 0.4) is 0 Å². The van der Waals surface area contributed by atoms with Crippen molar-refractivity contribution in [2.45, 2.75) is 38.8 Å². The Morgan fingerprint density at radius 1 is 1.56 bits per heavy atom. The molecule has 1 N–H and O–H groups in total. The van der Waals surface area contributed by atoms with Crippen LogP contribution in [0.25, 0.3) is 0 Å². The van der Waals surface area contributed by atoms with Gasteiger partial charge in [-0.15, -0.1) is 0 Å². The van der Waals surface area contributed by atoms with Gasteiger partial charge in [0.2, 0.25) is 5.88 Å². The number of hydrogen-bond acceptors (Lipinski definition) is 4. The zero-order chi connectivity index (χ0) is 13.3. The first-order valence-corrected chi connectivity index (χ1v) is 6.56. The summed E-state index contributed by atoms with van der Waals surface area (Å²) in [5, 5.41) is 8.15. The molecule has 1 atom stereocenters. The van der Waals surface area contributed by atoms with Crippen molar-refractivity contribution < 1.29 is 4.74 Å². The molecule has 0 amide bonds. The Kier molecular flexibility index (Phi) is 3.52. The lowest BCUT2D eigenvalue weighted by atomic mass is 9.97. The lowest BCUT2D eigenvalue weighted by molar-refractivity contribution is 0.304. The first-order valence-electron chi connectivity index (χ1n) is 6.56. The Bertz CT molecular complexity index is 413. The smallest absolute Gasteiger partial charge is 0.213 e. The van der Waals surface area contributed by atoms with Crippen molar-refractivity contribution in [1.29, 1.82) is 0 Å². The van der Waals surface area contributed by atoms with E-state index in [9.17, 15) is 0 Å². The van der Waals surface area contributed by atoms with E-state index in [0.29, 0.717) is 6.04 Å².